The van der Waals surface area contributed by atoms with Gasteiger partial charge in [0.1, 0.15) is 11.9 Å². The lowest BCUT2D eigenvalue weighted by Gasteiger charge is -2.33. The highest BCUT2D eigenvalue weighted by atomic mass is 35.5. The maximum Gasteiger partial charge on any atom is 0.254 e. The Kier molecular flexibility index (Phi) is 5.85. The first-order valence-electron chi connectivity index (χ1n) is 9.35. The van der Waals surface area contributed by atoms with Crippen LogP contribution < -0.4 is 4.74 Å². The quantitative estimate of drug-likeness (QED) is 0.622. The fourth-order valence-electron chi connectivity index (χ4n) is 3.36. The van der Waals surface area contributed by atoms with E-state index in [1.54, 1.807) is 17.0 Å². The van der Waals surface area contributed by atoms with E-state index in [1.165, 1.54) is 24.4 Å². The molecule has 3 heterocycles. The summed E-state index contributed by atoms with van der Waals surface area (Å²) in [5.41, 5.74) is 0.0665. The summed E-state index contributed by atoms with van der Waals surface area (Å²) in [6.45, 7) is 0.830. The second-order valence-corrected chi connectivity index (χ2v) is 7.27. The number of ether oxygens (including phenoxy) is 1. The largest absolute Gasteiger partial charge is 0.472 e. The van der Waals surface area contributed by atoms with Crippen molar-refractivity contribution in [3.05, 3.63) is 71.1 Å². The van der Waals surface area contributed by atoms with Crippen LogP contribution in [-0.4, -0.2) is 45.0 Å². The van der Waals surface area contributed by atoms with Gasteiger partial charge in [0.2, 0.25) is 5.88 Å². The summed E-state index contributed by atoms with van der Waals surface area (Å²) in [4.78, 5) is 26.6. The molecule has 30 heavy (non-hydrogen) atoms. The highest BCUT2D eigenvalue weighted by Gasteiger charge is 2.29. The van der Waals surface area contributed by atoms with Crippen molar-refractivity contribution in [1.29, 1.82) is 0 Å². The van der Waals surface area contributed by atoms with Crippen molar-refractivity contribution < 1.29 is 18.3 Å². The number of carbonyl (C=O) groups is 1. The zero-order valence-corrected chi connectivity index (χ0v) is 16.5. The molecule has 3 aromatic rings. The van der Waals surface area contributed by atoms with Crippen LogP contribution in [0.15, 0.2) is 48.9 Å². The van der Waals surface area contributed by atoms with Crippen LogP contribution in [0.3, 0.4) is 0 Å². The second-order valence-electron chi connectivity index (χ2n) is 6.84. The van der Waals surface area contributed by atoms with Crippen molar-refractivity contribution >= 4 is 17.5 Å². The van der Waals surface area contributed by atoms with E-state index >= 15 is 0 Å². The minimum absolute atomic E-state index is 0.0481. The van der Waals surface area contributed by atoms with E-state index in [-0.39, 0.29) is 29.0 Å². The van der Waals surface area contributed by atoms with Gasteiger partial charge in [-0.25, -0.2) is 23.7 Å². The van der Waals surface area contributed by atoms with Crippen molar-refractivity contribution in [1.82, 2.24) is 19.9 Å². The van der Waals surface area contributed by atoms with Crippen molar-refractivity contribution in [2.75, 3.05) is 13.1 Å². The van der Waals surface area contributed by atoms with Gasteiger partial charge in [-0.05, 0) is 31.0 Å². The normalized spacial score (nSPS) is 16.4. The lowest BCUT2D eigenvalue weighted by atomic mass is 10.0. The fourth-order valence-corrected chi connectivity index (χ4v) is 3.47. The van der Waals surface area contributed by atoms with Crippen LogP contribution >= 0.6 is 11.6 Å². The maximum atomic E-state index is 14.6. The number of rotatable bonds is 4. The zero-order chi connectivity index (χ0) is 21.1. The summed E-state index contributed by atoms with van der Waals surface area (Å²) < 4.78 is 33.6. The molecule has 1 aliphatic heterocycles. The van der Waals surface area contributed by atoms with Gasteiger partial charge in [-0.15, -0.1) is 0 Å². The van der Waals surface area contributed by atoms with E-state index in [4.69, 9.17) is 16.3 Å². The predicted molar refractivity (Wildman–Crippen MR) is 106 cm³/mol. The smallest absolute Gasteiger partial charge is 0.254 e. The molecule has 1 unspecified atom stereocenters. The molecule has 1 amide bonds. The van der Waals surface area contributed by atoms with Gasteiger partial charge in [0.15, 0.2) is 11.6 Å². The zero-order valence-electron chi connectivity index (χ0n) is 15.8. The predicted octanol–water partition coefficient (Wildman–Crippen LogP) is 4.15. The summed E-state index contributed by atoms with van der Waals surface area (Å²) in [5.74, 6) is -1.29. The highest BCUT2D eigenvalue weighted by Crippen LogP contribution is 2.27. The topological polar surface area (TPSA) is 68.2 Å². The van der Waals surface area contributed by atoms with Gasteiger partial charge in [-0.3, -0.25) is 4.79 Å². The number of benzene rings is 1. The molecule has 0 bridgehead atoms. The first-order valence-corrected chi connectivity index (χ1v) is 9.73. The third-order valence-electron chi connectivity index (χ3n) is 4.74. The molecule has 9 heteroatoms. The van der Waals surface area contributed by atoms with Crippen molar-refractivity contribution in [3.63, 3.8) is 0 Å². The third kappa shape index (κ3) is 4.38. The summed E-state index contributed by atoms with van der Waals surface area (Å²) >= 11 is 5.84. The second kappa shape index (κ2) is 8.71. The summed E-state index contributed by atoms with van der Waals surface area (Å²) in [7, 11) is 0. The number of hydrogen-bond donors (Lipinski definition) is 0. The fraction of sp³-hybridized carbons (Fsp3) is 0.238. The molecule has 1 aliphatic rings. The van der Waals surface area contributed by atoms with Crippen LogP contribution in [0.25, 0.3) is 11.4 Å². The number of likely N-dealkylation sites (tertiary alicyclic amines) is 1. The van der Waals surface area contributed by atoms with Gasteiger partial charge in [0.05, 0.1) is 35.1 Å². The molecular weight excluding hydrogens is 414 g/mol. The van der Waals surface area contributed by atoms with Gasteiger partial charge in [0.25, 0.3) is 5.91 Å². The molecule has 1 atom stereocenters. The molecule has 1 aromatic carbocycles. The molecular formula is C21H17ClF2N4O2. The molecule has 1 saturated heterocycles. The van der Waals surface area contributed by atoms with Gasteiger partial charge >= 0.3 is 0 Å². The van der Waals surface area contributed by atoms with Gasteiger partial charge in [-0.2, -0.15) is 0 Å². The van der Waals surface area contributed by atoms with Crippen molar-refractivity contribution in [2.24, 2.45) is 0 Å². The molecule has 2 aromatic heterocycles. The van der Waals surface area contributed by atoms with Gasteiger partial charge < -0.3 is 9.64 Å². The average molecular weight is 431 g/mol. The Morgan fingerprint density at radius 1 is 1.10 bits per heavy atom. The monoisotopic (exact) mass is 430 g/mol. The van der Waals surface area contributed by atoms with E-state index in [1.807, 2.05) is 0 Å². The first kappa shape index (κ1) is 20.2. The Hall–Kier alpha value is -3.13. The molecule has 0 radical (unpaired) electrons. The number of pyridine rings is 1. The summed E-state index contributed by atoms with van der Waals surface area (Å²) in [5, 5.41) is 0.504. The average Bonchev–Trinajstić information content (AvgIpc) is 2.76. The molecule has 4 rings (SSSR count). The summed E-state index contributed by atoms with van der Waals surface area (Å²) in [6, 6.07) is 7.52. The molecule has 0 aliphatic carbocycles. The molecule has 6 nitrogen and oxygen atoms in total. The Morgan fingerprint density at radius 3 is 2.63 bits per heavy atom. The SMILES string of the molecule is O=C(c1cccc(F)c1-c1ncc(F)cn1)N1CCCC(Oc2ccc(Cl)cn2)C1. The Balaban J connectivity index is 1.56. The molecule has 0 spiro atoms. The maximum absolute atomic E-state index is 14.6. The third-order valence-corrected chi connectivity index (χ3v) is 4.96. The van der Waals surface area contributed by atoms with Crippen LogP contribution in [-0.2, 0) is 0 Å². The number of amides is 1. The number of piperidine rings is 1. The van der Waals surface area contributed by atoms with Gasteiger partial charge in [-0.1, -0.05) is 17.7 Å². The minimum Gasteiger partial charge on any atom is -0.472 e. The number of halogens is 3. The standard InChI is InChI=1S/C21H17ClF2N4O2/c22-13-6-7-18(25-9-13)30-15-3-2-8-28(12-15)21(29)16-4-1-5-17(24)19(16)20-26-10-14(23)11-27-20/h1,4-7,9-11,15H,2-3,8,12H2. The number of hydrogen-bond acceptors (Lipinski definition) is 5. The first-order chi connectivity index (χ1) is 14.5. The van der Waals surface area contributed by atoms with E-state index in [0.717, 1.165) is 25.2 Å². The van der Waals surface area contributed by atoms with E-state index in [9.17, 15) is 13.6 Å². The highest BCUT2D eigenvalue weighted by molar-refractivity contribution is 6.30. The van der Waals surface area contributed by atoms with E-state index in [0.29, 0.717) is 24.0 Å². The number of aromatic nitrogens is 3. The summed E-state index contributed by atoms with van der Waals surface area (Å²) in [6.07, 6.45) is 4.59. The Labute approximate surface area is 176 Å². The van der Waals surface area contributed by atoms with Crippen molar-refractivity contribution in [2.45, 2.75) is 18.9 Å². The van der Waals surface area contributed by atoms with E-state index in [2.05, 4.69) is 15.0 Å². The van der Waals surface area contributed by atoms with Crippen LogP contribution in [0.2, 0.25) is 5.02 Å². The lowest BCUT2D eigenvalue weighted by molar-refractivity contribution is 0.0528. The Morgan fingerprint density at radius 2 is 1.90 bits per heavy atom. The lowest BCUT2D eigenvalue weighted by Crippen LogP contribution is -2.44. The Bertz CT molecular complexity index is 1050. The molecule has 1 fully saturated rings. The molecule has 154 valence electrons. The van der Waals surface area contributed by atoms with Crippen molar-refractivity contribution in [3.8, 4) is 17.3 Å². The molecule has 0 saturated carbocycles. The molecule has 0 N–H and O–H groups in total. The number of carbonyl (C=O) groups excluding carboxylic acids is 1. The van der Waals surface area contributed by atoms with Gasteiger partial charge in [0, 0.05) is 18.8 Å². The van der Waals surface area contributed by atoms with Crippen LogP contribution in [0.5, 0.6) is 5.88 Å². The van der Waals surface area contributed by atoms with Crippen LogP contribution in [0.4, 0.5) is 8.78 Å². The van der Waals surface area contributed by atoms with Crippen LogP contribution in [0, 0.1) is 11.6 Å². The number of nitrogens with zero attached hydrogens (tertiary/aromatic N) is 4. The van der Waals surface area contributed by atoms with Crippen LogP contribution in [0.1, 0.15) is 23.2 Å². The van der Waals surface area contributed by atoms with E-state index < -0.39 is 11.6 Å². The minimum atomic E-state index is -0.650.